The first-order chi connectivity index (χ1) is 11.1. The molecule has 0 saturated heterocycles. The van der Waals surface area contributed by atoms with Crippen LogP contribution in [0.5, 0.6) is 0 Å². The predicted molar refractivity (Wildman–Crippen MR) is 81.1 cm³/mol. The zero-order valence-corrected chi connectivity index (χ0v) is 12.4. The molecule has 3 rings (SSSR count). The van der Waals surface area contributed by atoms with Gasteiger partial charge in [0.25, 0.3) is 0 Å². The fourth-order valence-electron chi connectivity index (χ4n) is 2.46. The molecule has 1 aromatic carbocycles. The van der Waals surface area contributed by atoms with Gasteiger partial charge in [0.15, 0.2) is 0 Å². The summed E-state index contributed by atoms with van der Waals surface area (Å²) in [5, 5.41) is 0.797. The van der Waals surface area contributed by atoms with Crippen LogP contribution in [-0.4, -0.2) is 22.1 Å². The van der Waals surface area contributed by atoms with Crippen LogP contribution in [0.2, 0.25) is 0 Å². The van der Waals surface area contributed by atoms with E-state index < -0.39 is 17.6 Å². The van der Waals surface area contributed by atoms with Crippen molar-refractivity contribution in [3.63, 3.8) is 0 Å². The molecular weight excluding hydrogens is 302 g/mol. The van der Waals surface area contributed by atoms with Gasteiger partial charge in [-0.2, -0.15) is 0 Å². The lowest BCUT2D eigenvalue weighted by Gasteiger charge is -2.11. The summed E-state index contributed by atoms with van der Waals surface area (Å²) in [6.45, 7) is 2.03. The Bertz CT molecular complexity index is 874. The number of carbonyl (C=O) groups is 1. The quantitative estimate of drug-likeness (QED) is 0.692. The Morgan fingerprint density at radius 3 is 2.83 bits per heavy atom. The fraction of sp³-hybridized carbons (Fsp3) is 0.176. The Morgan fingerprint density at radius 2 is 2.09 bits per heavy atom. The van der Waals surface area contributed by atoms with E-state index in [1.807, 2.05) is 0 Å². The molecule has 4 nitrogen and oxygen atoms in total. The Kier molecular flexibility index (Phi) is 4.06. The molecule has 0 aliphatic carbocycles. The van der Waals surface area contributed by atoms with Crippen molar-refractivity contribution in [1.82, 2.24) is 9.55 Å². The summed E-state index contributed by atoms with van der Waals surface area (Å²) in [5.41, 5.74) is 1.26. The van der Waals surface area contributed by atoms with Gasteiger partial charge in [-0.25, -0.2) is 13.6 Å². The largest absolute Gasteiger partial charge is 0.461 e. The highest BCUT2D eigenvalue weighted by atomic mass is 19.1. The van der Waals surface area contributed by atoms with Crippen LogP contribution in [0.25, 0.3) is 10.9 Å². The number of halogens is 2. The summed E-state index contributed by atoms with van der Waals surface area (Å²) < 4.78 is 33.7. The lowest BCUT2D eigenvalue weighted by molar-refractivity contribution is 0.0515. The van der Waals surface area contributed by atoms with Crippen molar-refractivity contribution in [1.29, 1.82) is 0 Å². The summed E-state index contributed by atoms with van der Waals surface area (Å²) in [7, 11) is 0. The smallest absolute Gasteiger partial charge is 0.354 e. The standard InChI is InChI=1S/C17H14F2N2O2/c1-2-23-17(22)15-7-11-5-6-20-9-16(11)21(15)10-12-3-4-13(18)8-14(12)19/h3-9H,2,10H2,1H3. The molecule has 0 N–H and O–H groups in total. The van der Waals surface area contributed by atoms with E-state index in [-0.39, 0.29) is 18.7 Å². The summed E-state index contributed by atoms with van der Waals surface area (Å²) >= 11 is 0. The number of esters is 1. The van der Waals surface area contributed by atoms with Gasteiger partial charge in [-0.15, -0.1) is 0 Å². The van der Waals surface area contributed by atoms with E-state index in [1.165, 1.54) is 12.1 Å². The summed E-state index contributed by atoms with van der Waals surface area (Å²) in [6, 6.07) is 6.81. The number of rotatable bonds is 4. The van der Waals surface area contributed by atoms with Crippen LogP contribution in [-0.2, 0) is 11.3 Å². The summed E-state index contributed by atoms with van der Waals surface area (Å²) in [5.74, 6) is -1.80. The van der Waals surface area contributed by atoms with Crippen molar-refractivity contribution >= 4 is 16.9 Å². The number of fused-ring (bicyclic) bond motifs is 1. The van der Waals surface area contributed by atoms with Crippen LogP contribution in [0.3, 0.4) is 0 Å². The molecule has 23 heavy (non-hydrogen) atoms. The first kappa shape index (κ1) is 15.1. The van der Waals surface area contributed by atoms with Gasteiger partial charge in [0.2, 0.25) is 0 Å². The van der Waals surface area contributed by atoms with Crippen LogP contribution < -0.4 is 0 Å². The van der Waals surface area contributed by atoms with Crippen molar-refractivity contribution in [3.05, 3.63) is 65.6 Å². The zero-order valence-electron chi connectivity index (χ0n) is 12.4. The number of carbonyl (C=O) groups excluding carboxylic acids is 1. The maximum absolute atomic E-state index is 13.9. The number of nitrogens with zero attached hydrogens (tertiary/aromatic N) is 2. The van der Waals surface area contributed by atoms with Crippen LogP contribution in [0.4, 0.5) is 8.78 Å². The highest BCUT2D eigenvalue weighted by Gasteiger charge is 2.18. The molecule has 0 atom stereocenters. The number of pyridine rings is 1. The number of benzene rings is 1. The zero-order chi connectivity index (χ0) is 16.4. The van der Waals surface area contributed by atoms with E-state index in [0.717, 1.165) is 11.5 Å². The molecule has 3 aromatic rings. The predicted octanol–water partition coefficient (Wildman–Crippen LogP) is 3.54. The average molecular weight is 316 g/mol. The third-order valence-electron chi connectivity index (χ3n) is 3.53. The van der Waals surface area contributed by atoms with Gasteiger partial charge in [0, 0.05) is 23.2 Å². The second-order valence-electron chi connectivity index (χ2n) is 5.01. The fourth-order valence-corrected chi connectivity index (χ4v) is 2.46. The molecule has 0 aliphatic heterocycles. The second kappa shape index (κ2) is 6.16. The SMILES string of the molecule is CCOC(=O)c1cc2ccncc2n1Cc1ccc(F)cc1F. The normalized spacial score (nSPS) is 10.9. The molecule has 0 bridgehead atoms. The van der Waals surface area contributed by atoms with Crippen LogP contribution >= 0.6 is 0 Å². The van der Waals surface area contributed by atoms with Crippen molar-refractivity contribution in [2.45, 2.75) is 13.5 Å². The van der Waals surface area contributed by atoms with E-state index in [1.54, 1.807) is 36.0 Å². The average Bonchev–Trinajstić information content (AvgIpc) is 2.89. The van der Waals surface area contributed by atoms with Gasteiger partial charge < -0.3 is 9.30 Å². The topological polar surface area (TPSA) is 44.1 Å². The molecule has 2 aromatic heterocycles. The van der Waals surface area contributed by atoms with Crippen LogP contribution in [0, 0.1) is 11.6 Å². The molecule has 2 heterocycles. The molecule has 118 valence electrons. The van der Waals surface area contributed by atoms with E-state index >= 15 is 0 Å². The molecule has 0 aliphatic rings. The maximum atomic E-state index is 13.9. The second-order valence-corrected chi connectivity index (χ2v) is 5.01. The monoisotopic (exact) mass is 316 g/mol. The highest BCUT2D eigenvalue weighted by Crippen LogP contribution is 2.22. The molecule has 0 unspecified atom stereocenters. The molecule has 0 amide bonds. The van der Waals surface area contributed by atoms with Gasteiger partial charge in [-0.3, -0.25) is 4.98 Å². The number of hydrogen-bond donors (Lipinski definition) is 0. The van der Waals surface area contributed by atoms with E-state index in [2.05, 4.69) is 4.98 Å². The number of hydrogen-bond acceptors (Lipinski definition) is 3. The molecule has 0 radical (unpaired) electrons. The van der Waals surface area contributed by atoms with Crippen molar-refractivity contribution < 1.29 is 18.3 Å². The highest BCUT2D eigenvalue weighted by molar-refractivity contribution is 5.95. The Hall–Kier alpha value is -2.76. The van der Waals surface area contributed by atoms with Gasteiger partial charge in [-0.1, -0.05) is 6.07 Å². The minimum atomic E-state index is -0.662. The lowest BCUT2D eigenvalue weighted by atomic mass is 10.2. The van der Waals surface area contributed by atoms with Crippen molar-refractivity contribution in [2.75, 3.05) is 6.61 Å². The first-order valence-corrected chi connectivity index (χ1v) is 7.14. The Labute approximate surface area is 131 Å². The molecular formula is C17H14F2N2O2. The van der Waals surface area contributed by atoms with Gasteiger partial charge >= 0.3 is 5.97 Å². The molecule has 0 spiro atoms. The minimum Gasteiger partial charge on any atom is -0.461 e. The Morgan fingerprint density at radius 1 is 1.26 bits per heavy atom. The third-order valence-corrected chi connectivity index (χ3v) is 3.53. The van der Waals surface area contributed by atoms with Crippen LogP contribution in [0.1, 0.15) is 23.0 Å². The first-order valence-electron chi connectivity index (χ1n) is 7.14. The molecule has 0 fully saturated rings. The minimum absolute atomic E-state index is 0.0788. The van der Waals surface area contributed by atoms with Crippen LogP contribution in [0.15, 0.2) is 42.7 Å². The summed E-state index contributed by atoms with van der Waals surface area (Å²) in [4.78, 5) is 16.2. The maximum Gasteiger partial charge on any atom is 0.354 e. The molecule has 0 saturated carbocycles. The van der Waals surface area contributed by atoms with Gasteiger partial charge in [-0.05, 0) is 25.1 Å². The van der Waals surface area contributed by atoms with E-state index in [4.69, 9.17) is 4.74 Å². The van der Waals surface area contributed by atoms with Gasteiger partial charge in [0.1, 0.15) is 17.3 Å². The van der Waals surface area contributed by atoms with E-state index in [9.17, 15) is 13.6 Å². The number of aromatic nitrogens is 2. The Balaban J connectivity index is 2.10. The lowest BCUT2D eigenvalue weighted by Crippen LogP contribution is -2.13. The van der Waals surface area contributed by atoms with Crippen molar-refractivity contribution in [2.24, 2.45) is 0 Å². The third kappa shape index (κ3) is 2.92. The van der Waals surface area contributed by atoms with Gasteiger partial charge in [0.05, 0.1) is 24.9 Å². The van der Waals surface area contributed by atoms with E-state index in [0.29, 0.717) is 11.2 Å². The summed E-state index contributed by atoms with van der Waals surface area (Å²) in [6.07, 6.45) is 3.21. The number of ether oxygens (including phenoxy) is 1. The molecule has 6 heteroatoms. The van der Waals surface area contributed by atoms with Crippen molar-refractivity contribution in [3.8, 4) is 0 Å².